The molecule has 0 saturated carbocycles. The molecule has 1 atom stereocenters. The first kappa shape index (κ1) is 9.92. The molecule has 1 aromatic rings. The van der Waals surface area contributed by atoms with E-state index in [1.807, 2.05) is 5.38 Å². The van der Waals surface area contributed by atoms with Crippen molar-refractivity contribution in [3.63, 3.8) is 0 Å². The van der Waals surface area contributed by atoms with Crippen LogP contribution in [-0.2, 0) is 9.53 Å². The number of carbonyl (C=O) groups is 1. The summed E-state index contributed by atoms with van der Waals surface area (Å²) >= 11 is 1.50. The molecule has 15 heavy (non-hydrogen) atoms. The summed E-state index contributed by atoms with van der Waals surface area (Å²) < 4.78 is 4.71. The van der Waals surface area contributed by atoms with Gasteiger partial charge in [0, 0.05) is 5.38 Å². The Balaban J connectivity index is 2.29. The minimum Gasteiger partial charge on any atom is -0.466 e. The number of aromatic nitrogens is 1. The van der Waals surface area contributed by atoms with Crippen molar-refractivity contribution in [3.8, 4) is 0 Å². The quantitative estimate of drug-likeness (QED) is 0.768. The number of dihydropyridines is 1. The van der Waals surface area contributed by atoms with Gasteiger partial charge >= 0.3 is 5.97 Å². The Morgan fingerprint density at radius 3 is 3.20 bits per heavy atom. The zero-order valence-corrected chi connectivity index (χ0v) is 8.95. The number of rotatable bonds is 2. The molecule has 4 nitrogen and oxygen atoms in total. The monoisotopic (exact) mass is 222 g/mol. The van der Waals surface area contributed by atoms with E-state index in [0.29, 0.717) is 5.57 Å². The summed E-state index contributed by atoms with van der Waals surface area (Å²) in [7, 11) is 1.37. The lowest BCUT2D eigenvalue weighted by Crippen LogP contribution is -2.25. The molecule has 2 rings (SSSR count). The molecular formula is C10H10N2O2S. The molecule has 0 saturated heterocycles. The van der Waals surface area contributed by atoms with Crippen LogP contribution in [0.2, 0.25) is 0 Å². The van der Waals surface area contributed by atoms with Crippen molar-refractivity contribution in [2.45, 2.75) is 6.04 Å². The maximum absolute atomic E-state index is 11.5. The molecule has 1 aliphatic rings. The van der Waals surface area contributed by atoms with Gasteiger partial charge in [0.25, 0.3) is 0 Å². The fourth-order valence-electron chi connectivity index (χ4n) is 1.40. The summed E-state index contributed by atoms with van der Waals surface area (Å²) in [5.74, 6) is -0.329. The first-order chi connectivity index (χ1) is 7.33. The van der Waals surface area contributed by atoms with E-state index < -0.39 is 0 Å². The maximum Gasteiger partial charge on any atom is 0.336 e. The lowest BCUT2D eigenvalue weighted by Gasteiger charge is -2.19. The van der Waals surface area contributed by atoms with Crippen LogP contribution >= 0.6 is 11.3 Å². The number of nitrogens with one attached hydrogen (secondary N) is 1. The Hall–Kier alpha value is -1.62. The van der Waals surface area contributed by atoms with Crippen LogP contribution in [-0.4, -0.2) is 18.1 Å². The Morgan fingerprint density at radius 2 is 2.53 bits per heavy atom. The topological polar surface area (TPSA) is 51.2 Å². The second-order valence-electron chi connectivity index (χ2n) is 2.99. The van der Waals surface area contributed by atoms with Crippen LogP contribution in [0.5, 0.6) is 0 Å². The molecule has 5 heteroatoms. The number of methoxy groups -OCH3 is 1. The van der Waals surface area contributed by atoms with E-state index in [2.05, 4.69) is 10.3 Å². The summed E-state index contributed by atoms with van der Waals surface area (Å²) in [4.78, 5) is 15.7. The lowest BCUT2D eigenvalue weighted by molar-refractivity contribution is -0.136. The molecule has 0 bridgehead atoms. The third kappa shape index (κ3) is 1.92. The van der Waals surface area contributed by atoms with Crippen molar-refractivity contribution in [2.24, 2.45) is 0 Å². The molecule has 2 heterocycles. The van der Waals surface area contributed by atoms with E-state index in [-0.39, 0.29) is 12.0 Å². The van der Waals surface area contributed by atoms with Crippen LogP contribution in [0.4, 0.5) is 0 Å². The Kier molecular flexibility index (Phi) is 2.82. The van der Waals surface area contributed by atoms with Gasteiger partial charge in [0.2, 0.25) is 0 Å². The third-order valence-electron chi connectivity index (χ3n) is 2.11. The number of thiazole rings is 1. The molecule has 0 fully saturated rings. The van der Waals surface area contributed by atoms with Crippen LogP contribution in [0.25, 0.3) is 0 Å². The zero-order valence-electron chi connectivity index (χ0n) is 8.14. The fraction of sp³-hybridized carbons (Fsp3) is 0.200. The van der Waals surface area contributed by atoms with Crippen molar-refractivity contribution < 1.29 is 9.53 Å². The van der Waals surface area contributed by atoms with Gasteiger partial charge in [0.05, 0.1) is 23.9 Å². The molecule has 1 aliphatic heterocycles. The normalized spacial score (nSPS) is 19.3. The zero-order chi connectivity index (χ0) is 10.7. The van der Waals surface area contributed by atoms with Crippen molar-refractivity contribution in [1.29, 1.82) is 0 Å². The van der Waals surface area contributed by atoms with E-state index in [9.17, 15) is 4.79 Å². The van der Waals surface area contributed by atoms with E-state index in [1.54, 1.807) is 23.9 Å². The van der Waals surface area contributed by atoms with Gasteiger partial charge in [-0.2, -0.15) is 0 Å². The second kappa shape index (κ2) is 4.27. The molecular weight excluding hydrogens is 212 g/mol. The third-order valence-corrected chi connectivity index (χ3v) is 2.72. The standard InChI is InChI=1S/C10H10N2O2S/c1-14-10(13)7-3-2-4-11-9(7)8-5-15-6-12-8/h2-6,9,11H,1H3. The average molecular weight is 222 g/mol. The Morgan fingerprint density at radius 1 is 1.67 bits per heavy atom. The number of hydrogen-bond donors (Lipinski definition) is 1. The highest BCUT2D eigenvalue weighted by molar-refractivity contribution is 7.07. The molecule has 1 unspecified atom stereocenters. The Labute approximate surface area is 91.3 Å². The summed E-state index contributed by atoms with van der Waals surface area (Å²) in [6.07, 6.45) is 5.30. The molecule has 0 aliphatic carbocycles. The highest BCUT2D eigenvalue weighted by atomic mass is 32.1. The van der Waals surface area contributed by atoms with Gasteiger partial charge in [0.1, 0.15) is 6.04 Å². The lowest BCUT2D eigenvalue weighted by atomic mass is 10.0. The highest BCUT2D eigenvalue weighted by Crippen LogP contribution is 2.24. The molecule has 1 N–H and O–H groups in total. The number of carbonyl (C=O) groups excluding carboxylic acids is 1. The molecule has 0 amide bonds. The van der Waals surface area contributed by atoms with Crippen LogP contribution in [0.3, 0.4) is 0 Å². The number of hydrogen-bond acceptors (Lipinski definition) is 5. The van der Waals surface area contributed by atoms with Gasteiger partial charge in [-0.3, -0.25) is 0 Å². The predicted octanol–water partition coefficient (Wildman–Crippen LogP) is 1.40. The first-order valence-corrected chi connectivity index (χ1v) is 5.36. The van der Waals surface area contributed by atoms with Crippen LogP contribution in [0.15, 0.2) is 34.8 Å². The average Bonchev–Trinajstić information content (AvgIpc) is 2.81. The van der Waals surface area contributed by atoms with Crippen LogP contribution in [0.1, 0.15) is 11.7 Å². The van der Waals surface area contributed by atoms with Gasteiger partial charge in [0.15, 0.2) is 0 Å². The van der Waals surface area contributed by atoms with Gasteiger partial charge in [-0.25, -0.2) is 9.78 Å². The SMILES string of the molecule is COC(=O)C1=CC=CNC1c1cscn1. The summed E-state index contributed by atoms with van der Waals surface area (Å²) in [6, 6.07) is -0.200. The number of allylic oxidation sites excluding steroid dienone is 2. The van der Waals surface area contributed by atoms with Gasteiger partial charge in [-0.1, -0.05) is 0 Å². The van der Waals surface area contributed by atoms with E-state index in [4.69, 9.17) is 4.74 Å². The number of nitrogens with zero attached hydrogens (tertiary/aromatic N) is 1. The summed E-state index contributed by atoms with van der Waals surface area (Å²) in [5.41, 5.74) is 3.15. The van der Waals surface area contributed by atoms with Gasteiger partial charge in [-0.05, 0) is 18.4 Å². The van der Waals surface area contributed by atoms with Crippen molar-refractivity contribution >= 4 is 17.3 Å². The van der Waals surface area contributed by atoms with E-state index in [1.165, 1.54) is 18.4 Å². The maximum atomic E-state index is 11.5. The number of ether oxygens (including phenoxy) is 1. The molecule has 78 valence electrons. The second-order valence-corrected chi connectivity index (χ2v) is 3.70. The predicted molar refractivity (Wildman–Crippen MR) is 57.2 cm³/mol. The Bertz CT molecular complexity index is 409. The van der Waals surface area contributed by atoms with Gasteiger partial charge in [-0.15, -0.1) is 11.3 Å². The smallest absolute Gasteiger partial charge is 0.336 e. The highest BCUT2D eigenvalue weighted by Gasteiger charge is 2.24. The minimum absolute atomic E-state index is 0.200. The molecule has 1 aromatic heterocycles. The van der Waals surface area contributed by atoms with Crippen molar-refractivity contribution in [2.75, 3.05) is 7.11 Å². The van der Waals surface area contributed by atoms with Crippen LogP contribution in [0, 0.1) is 0 Å². The first-order valence-electron chi connectivity index (χ1n) is 4.42. The van der Waals surface area contributed by atoms with E-state index >= 15 is 0 Å². The molecule has 0 aromatic carbocycles. The van der Waals surface area contributed by atoms with E-state index in [0.717, 1.165) is 5.69 Å². The van der Waals surface area contributed by atoms with Crippen molar-refractivity contribution in [1.82, 2.24) is 10.3 Å². The molecule has 0 radical (unpaired) electrons. The number of esters is 1. The summed E-state index contributed by atoms with van der Waals surface area (Å²) in [6.45, 7) is 0. The summed E-state index contributed by atoms with van der Waals surface area (Å²) in [5, 5.41) is 4.99. The van der Waals surface area contributed by atoms with Crippen molar-refractivity contribution in [3.05, 3.63) is 40.5 Å². The van der Waals surface area contributed by atoms with Gasteiger partial charge < -0.3 is 10.1 Å². The fourth-order valence-corrected chi connectivity index (χ4v) is 1.98. The largest absolute Gasteiger partial charge is 0.466 e. The van der Waals surface area contributed by atoms with Crippen LogP contribution < -0.4 is 5.32 Å². The minimum atomic E-state index is -0.329. The molecule has 0 spiro atoms.